The quantitative estimate of drug-likeness (QED) is 0.0104. The Morgan fingerprint density at radius 3 is 1.35 bits per heavy atom. The molecule has 0 atom stereocenters. The van der Waals surface area contributed by atoms with Crippen molar-refractivity contribution < 1.29 is 64.6 Å². The number of fused-ring (bicyclic) bond motifs is 6. The number of carbonyl (C=O) groups excluding carboxylic acids is 6. The first kappa shape index (κ1) is 104. The van der Waals surface area contributed by atoms with E-state index in [0.29, 0.717) is 122 Å². The summed E-state index contributed by atoms with van der Waals surface area (Å²) in [5.74, 6) is -1.87. The minimum Gasteiger partial charge on any atom is -0.494 e. The molecule has 0 saturated heterocycles. The number of aliphatic hydroxyl groups is 1. The Balaban J connectivity index is 0.000000146. The van der Waals surface area contributed by atoms with E-state index in [1.54, 1.807) is 166 Å². The summed E-state index contributed by atoms with van der Waals surface area (Å²) in [4.78, 5) is 165. The molecule has 0 aliphatic heterocycles. The maximum absolute atomic E-state index is 12.9. The number of rotatable bonds is 26. The first-order valence-corrected chi connectivity index (χ1v) is 45.8. The van der Waals surface area contributed by atoms with E-state index >= 15 is 0 Å². The average Bonchev–Trinajstić information content (AvgIpc) is 1.10. The summed E-state index contributed by atoms with van der Waals surface area (Å²) < 4.78 is 17.0. The zero-order chi connectivity index (χ0) is 103. The number of ketones is 1. The Morgan fingerprint density at radius 2 is 0.854 bits per heavy atom. The number of nitrogens with zero attached hydrogens (tertiary/aromatic N) is 12. The third-order valence-electron chi connectivity index (χ3n) is 23.5. The third kappa shape index (κ3) is 26.3. The van der Waals surface area contributed by atoms with E-state index in [4.69, 9.17) is 59.1 Å². The van der Waals surface area contributed by atoms with E-state index in [0.717, 1.165) is 75.5 Å². The number of imidazole rings is 1. The van der Waals surface area contributed by atoms with Gasteiger partial charge in [0.1, 0.15) is 18.2 Å². The van der Waals surface area contributed by atoms with Gasteiger partial charge in [0.25, 0.3) is 62.9 Å². The molecule has 10 aromatic carbocycles. The maximum atomic E-state index is 12.9. The summed E-state index contributed by atoms with van der Waals surface area (Å²) in [5.41, 5.74) is 15.6. The Kier molecular flexibility index (Phi) is 35.8. The van der Waals surface area contributed by atoms with Gasteiger partial charge in [0.2, 0.25) is 0 Å². The molecule has 11 N–H and O–H groups in total. The second-order valence-corrected chi connectivity index (χ2v) is 33.7. The minimum atomic E-state index is -0.684. The Labute approximate surface area is 829 Å². The van der Waals surface area contributed by atoms with Crippen LogP contribution in [0.25, 0.3) is 81.8 Å². The lowest BCUT2D eigenvalue weighted by Crippen LogP contribution is -2.24. The van der Waals surface area contributed by atoms with E-state index < -0.39 is 41.9 Å². The van der Waals surface area contributed by atoms with Crippen LogP contribution < -0.4 is 65.5 Å². The molecule has 144 heavy (non-hydrogen) atoms. The fraction of sp³-hybridized carbons (Fsp3) is 0.160. The highest BCUT2D eigenvalue weighted by atomic mass is 35.5. The molecule has 0 radical (unpaired) electrons. The predicted octanol–water partition coefficient (Wildman–Crippen LogP) is 14.0. The molecule has 0 unspecified atom stereocenters. The van der Waals surface area contributed by atoms with E-state index in [2.05, 4.69) is 38.8 Å². The second-order valence-electron chi connectivity index (χ2n) is 32.8. The molecule has 734 valence electrons. The Bertz CT molecular complexity index is 8140. The van der Waals surface area contributed by atoms with Gasteiger partial charge in [-0.25, -0.2) is 47.3 Å². The summed E-state index contributed by atoms with van der Waals surface area (Å²) in [6.45, 7) is 8.25. The van der Waals surface area contributed by atoms with Crippen molar-refractivity contribution in [3.63, 3.8) is 0 Å². The van der Waals surface area contributed by atoms with Crippen LogP contribution in [0.5, 0.6) is 5.75 Å². The summed E-state index contributed by atoms with van der Waals surface area (Å²) in [6, 6.07) is 67.8. The Hall–Kier alpha value is -17.2. The van der Waals surface area contributed by atoms with Gasteiger partial charge in [0, 0.05) is 135 Å². The number of hydrogen-bond acceptors (Lipinski definition) is 24. The number of pyridine rings is 4. The van der Waals surface area contributed by atoms with Crippen molar-refractivity contribution in [3.8, 4) is 22.6 Å². The molecule has 0 saturated carbocycles. The smallest absolute Gasteiger partial charge is 0.274 e. The van der Waals surface area contributed by atoms with E-state index in [-0.39, 0.29) is 61.2 Å². The normalized spacial score (nSPS) is 10.8. The van der Waals surface area contributed by atoms with E-state index in [9.17, 15) is 57.5 Å². The molecule has 0 aliphatic rings. The number of aromatic nitrogens is 12. The molecule has 0 spiro atoms. The second kappa shape index (κ2) is 49.6. The first-order valence-electron chi connectivity index (χ1n) is 45.0. The largest absolute Gasteiger partial charge is 0.494 e. The molecular formula is C106H97Cl2N17O19. The van der Waals surface area contributed by atoms with Gasteiger partial charge in [-0.2, -0.15) is 0 Å². The van der Waals surface area contributed by atoms with Crippen LogP contribution in [0.1, 0.15) is 124 Å². The average molecular weight is 1980 g/mol. The van der Waals surface area contributed by atoms with Crippen LogP contribution in [-0.4, -0.2) is 137 Å². The molecule has 0 bridgehead atoms. The summed E-state index contributed by atoms with van der Waals surface area (Å²) in [5, 5.41) is 58.5. The predicted molar refractivity (Wildman–Crippen MR) is 543 cm³/mol. The van der Waals surface area contributed by atoms with Crippen molar-refractivity contribution in [2.45, 2.75) is 85.6 Å². The lowest BCUT2D eigenvalue weighted by atomic mass is 10.0. The first-order chi connectivity index (χ1) is 69.6. The van der Waals surface area contributed by atoms with Crippen molar-refractivity contribution in [2.24, 2.45) is 13.0 Å². The van der Waals surface area contributed by atoms with Crippen molar-refractivity contribution in [1.82, 2.24) is 84.3 Å². The zero-order valence-electron chi connectivity index (χ0n) is 78.0. The van der Waals surface area contributed by atoms with Crippen LogP contribution in [0, 0.1) is 12.8 Å². The van der Waals surface area contributed by atoms with Crippen molar-refractivity contribution in [1.29, 1.82) is 0 Å². The van der Waals surface area contributed by atoms with Gasteiger partial charge in [0.05, 0.1) is 71.4 Å². The molecule has 5 amide bonds. The molecule has 36 nitrogen and oxygen atoms in total. The van der Waals surface area contributed by atoms with Crippen LogP contribution in [0.3, 0.4) is 0 Å². The highest BCUT2D eigenvalue weighted by molar-refractivity contribution is 6.31. The van der Waals surface area contributed by atoms with Gasteiger partial charge < -0.3 is 28.1 Å². The number of nitrogens with one attached hydrogen (secondary N) is 5. The number of ether oxygens (including phenoxy) is 1. The molecule has 38 heteroatoms. The standard InChI is InChI=1S/C23H21N3O4.C21H16N4O3.C19H17ClN2O3.C16H12ClN3O3.C16H20N2O3.C11H11N3O3/c27-15-22(28)18-3-2-17-8-11-25(23(29)21(17)14-18)10-1-13-30-20-6-4-19(5-7-20)26-12-9-24-16-26;26-20(24-28)17-4-5-19-18(11-17)21(27)25(13-23-19)12-14-2-1-3-16(10-14)15-6-8-22-9-7-15;20-16-7-3-13(4-8-16)2-1-10-22-11-9-14-5-6-15(18(23)21-25)12-17(14)19(22)24;17-12-3-1-2-10(6-12)8-20-9-18-14-5-4-11(15(21)19-23)7-13(14)16(20)22;1-3-11(4-2)10-18-8-7-12-5-6-13(15(19)17-21)9-14(12)16(18)20;1-6-12-9-5-7(10(15)13-17)3-4-8(9)11(16)14(6)2/h2-9,11-12,14,16,27H,1,10,13,15H2;1-11,13,28H,12H2,(H,24,26);3-9,11-12,25H,1-2,10H2,(H,21,23);1-7,9,23H,8H2,(H,19,21);5-9,11,21H,3-4,10H2,1-2H3,(H,17,19);3-5,17H,1-2H3,(H,13,15). The van der Waals surface area contributed by atoms with Gasteiger partial charge in [-0.3, -0.25) is 102 Å². The molecule has 8 aromatic heterocycles. The van der Waals surface area contributed by atoms with Crippen LogP contribution in [-0.2, 0) is 46.2 Å². The van der Waals surface area contributed by atoms with Crippen LogP contribution in [0.2, 0.25) is 10.0 Å². The maximum Gasteiger partial charge on any atom is 0.274 e. The molecule has 18 aromatic rings. The van der Waals surface area contributed by atoms with Crippen LogP contribution in [0.15, 0.2) is 328 Å². The van der Waals surface area contributed by atoms with Crippen molar-refractivity contribution in [3.05, 3.63) is 427 Å². The number of amides is 5. The van der Waals surface area contributed by atoms with Crippen molar-refractivity contribution >= 4 is 124 Å². The van der Waals surface area contributed by atoms with Gasteiger partial charge in [0.15, 0.2) is 5.78 Å². The Morgan fingerprint density at radius 1 is 0.396 bits per heavy atom. The minimum absolute atomic E-state index is 0.105. The molecular weight excluding hydrogens is 1890 g/mol. The fourth-order valence-electron chi connectivity index (χ4n) is 15.5. The van der Waals surface area contributed by atoms with Crippen LogP contribution >= 0.6 is 23.2 Å². The van der Waals surface area contributed by atoms with Gasteiger partial charge in [-0.1, -0.05) is 117 Å². The summed E-state index contributed by atoms with van der Waals surface area (Å²) in [6.07, 6.45) is 21.4. The molecule has 8 heterocycles. The lowest BCUT2D eigenvalue weighted by Gasteiger charge is -2.15. The number of aliphatic hydroxyl groups excluding tert-OH is 1. The number of carbonyl (C=O) groups is 6. The number of benzene rings is 10. The topological polar surface area (TPSA) is 495 Å². The number of halogens is 2. The zero-order valence-corrected chi connectivity index (χ0v) is 79.5. The van der Waals surface area contributed by atoms with Gasteiger partial charge in [-0.05, 0) is 246 Å². The molecule has 18 rings (SSSR count). The number of hydrogen-bond donors (Lipinski definition) is 11. The summed E-state index contributed by atoms with van der Waals surface area (Å²) in [7, 11) is 1.64. The van der Waals surface area contributed by atoms with Crippen LogP contribution in [0.4, 0.5) is 0 Å². The number of hydroxylamine groups is 5. The number of aryl methyl sites for hydroxylation is 4. The van der Waals surface area contributed by atoms with E-state index in [1.165, 1.54) is 92.0 Å². The number of Topliss-reactive ketones (excluding diaryl/α,β-unsaturated/α-hetero) is 1. The molecule has 0 fully saturated rings. The summed E-state index contributed by atoms with van der Waals surface area (Å²) >= 11 is 11.8. The fourth-order valence-corrected chi connectivity index (χ4v) is 15.8. The van der Waals surface area contributed by atoms with E-state index in [1.807, 2.05) is 120 Å². The SMILES string of the molecule is CCC(CC)Cn1ccc2ccc(C(=O)NO)cc2c1=O.Cc1nc2cc(C(=O)NO)ccc2c(=O)n1C.O=C(CO)c1ccc2ccn(CCCOc3ccc(-n4ccnc4)cc3)c(=O)c2c1.O=C(NO)c1ccc2ccn(CCCc3ccc(Cl)cc3)c(=O)c2c1.O=C(NO)c1ccc2ncn(Cc3cccc(-c4ccncc4)c3)c(=O)c2c1.O=C(NO)c1ccc2ncn(Cc3cccc(Cl)c3)c(=O)c2c1. The van der Waals surface area contributed by atoms with Gasteiger partial charge in [-0.15, -0.1) is 0 Å². The lowest BCUT2D eigenvalue weighted by molar-refractivity contribution is 0.0702. The monoisotopic (exact) mass is 1980 g/mol. The third-order valence-corrected chi connectivity index (χ3v) is 24.0. The van der Waals surface area contributed by atoms with Crippen molar-refractivity contribution in [2.75, 3.05) is 13.2 Å². The highest BCUT2D eigenvalue weighted by Gasteiger charge is 2.19. The van der Waals surface area contributed by atoms with Gasteiger partial charge >= 0.3 is 0 Å². The highest BCUT2D eigenvalue weighted by Crippen LogP contribution is 2.25. The molecule has 0 aliphatic carbocycles.